The van der Waals surface area contributed by atoms with Crippen LogP contribution in [0.25, 0.3) is 10.9 Å². The summed E-state index contributed by atoms with van der Waals surface area (Å²) in [7, 11) is 0. The SMILES string of the molecule is O=C(Cn1cnc2ccc(Cl)cc2c1=O)Nc1ccccc1Br. The first-order valence-electron chi connectivity index (χ1n) is 6.73. The van der Waals surface area contributed by atoms with Crippen molar-refractivity contribution >= 4 is 50.0 Å². The minimum Gasteiger partial charge on any atom is -0.324 e. The Hall–Kier alpha value is -2.18. The molecule has 0 bridgehead atoms. The maximum Gasteiger partial charge on any atom is 0.261 e. The van der Waals surface area contributed by atoms with Gasteiger partial charge in [-0.15, -0.1) is 0 Å². The van der Waals surface area contributed by atoms with Crippen molar-refractivity contribution in [2.75, 3.05) is 5.32 Å². The fourth-order valence-electron chi connectivity index (χ4n) is 2.15. The molecule has 0 radical (unpaired) electrons. The summed E-state index contributed by atoms with van der Waals surface area (Å²) in [6, 6.07) is 12.1. The molecule has 0 atom stereocenters. The number of carbonyl (C=O) groups is 1. The number of amides is 1. The number of benzene rings is 2. The van der Waals surface area contributed by atoms with Gasteiger partial charge in [-0.3, -0.25) is 14.2 Å². The monoisotopic (exact) mass is 391 g/mol. The van der Waals surface area contributed by atoms with Crippen molar-refractivity contribution in [3.63, 3.8) is 0 Å². The molecule has 2 aromatic carbocycles. The lowest BCUT2D eigenvalue weighted by Crippen LogP contribution is -2.28. The molecule has 0 unspecified atom stereocenters. The fraction of sp³-hybridized carbons (Fsp3) is 0.0625. The Bertz CT molecular complexity index is 955. The molecule has 0 saturated carbocycles. The van der Waals surface area contributed by atoms with Crippen molar-refractivity contribution in [3.05, 3.63) is 68.6 Å². The second-order valence-electron chi connectivity index (χ2n) is 4.87. The highest BCUT2D eigenvalue weighted by Crippen LogP contribution is 2.21. The Balaban J connectivity index is 1.87. The normalized spacial score (nSPS) is 10.7. The summed E-state index contributed by atoms with van der Waals surface area (Å²) >= 11 is 9.27. The van der Waals surface area contributed by atoms with Crippen LogP contribution < -0.4 is 10.9 Å². The van der Waals surface area contributed by atoms with Gasteiger partial charge in [-0.1, -0.05) is 23.7 Å². The highest BCUT2D eigenvalue weighted by atomic mass is 79.9. The Labute approximate surface area is 145 Å². The standard InChI is InChI=1S/C16H11BrClN3O2/c17-12-3-1-2-4-14(12)20-15(22)8-21-9-19-13-6-5-10(18)7-11(13)16(21)23/h1-7,9H,8H2,(H,20,22). The average molecular weight is 393 g/mol. The maximum atomic E-state index is 12.4. The maximum absolute atomic E-state index is 12.4. The Kier molecular flexibility index (Phi) is 4.45. The van der Waals surface area contributed by atoms with Gasteiger partial charge in [0, 0.05) is 9.50 Å². The zero-order valence-electron chi connectivity index (χ0n) is 11.8. The predicted molar refractivity (Wildman–Crippen MR) is 93.8 cm³/mol. The molecule has 7 heteroatoms. The summed E-state index contributed by atoms with van der Waals surface area (Å²) in [6.45, 7) is -0.129. The number of rotatable bonds is 3. The van der Waals surface area contributed by atoms with Crippen LogP contribution in [0.2, 0.25) is 5.02 Å². The summed E-state index contributed by atoms with van der Waals surface area (Å²) in [5.41, 5.74) is 0.879. The highest BCUT2D eigenvalue weighted by molar-refractivity contribution is 9.10. The van der Waals surface area contributed by atoms with Gasteiger partial charge >= 0.3 is 0 Å². The summed E-state index contributed by atoms with van der Waals surface area (Å²) in [4.78, 5) is 28.7. The number of hydrogen-bond acceptors (Lipinski definition) is 3. The third-order valence-corrected chi connectivity index (χ3v) is 4.17. The number of nitrogens with one attached hydrogen (secondary N) is 1. The molecule has 3 aromatic rings. The largest absolute Gasteiger partial charge is 0.324 e. The molecule has 3 rings (SSSR count). The van der Waals surface area contributed by atoms with E-state index in [4.69, 9.17) is 11.6 Å². The van der Waals surface area contributed by atoms with Gasteiger partial charge in [-0.05, 0) is 46.3 Å². The molecule has 1 heterocycles. The molecule has 5 nitrogen and oxygen atoms in total. The second-order valence-corrected chi connectivity index (χ2v) is 6.16. The zero-order chi connectivity index (χ0) is 16.4. The van der Waals surface area contributed by atoms with Crippen molar-refractivity contribution in [2.45, 2.75) is 6.54 Å². The number of carbonyl (C=O) groups excluding carboxylic acids is 1. The molecule has 0 saturated heterocycles. The number of para-hydroxylation sites is 1. The molecule has 0 fully saturated rings. The van der Waals surface area contributed by atoms with Crippen LogP contribution in [0.3, 0.4) is 0 Å². The van der Waals surface area contributed by atoms with E-state index in [0.29, 0.717) is 21.6 Å². The topological polar surface area (TPSA) is 64.0 Å². The first-order valence-corrected chi connectivity index (χ1v) is 7.91. The third kappa shape index (κ3) is 3.43. The van der Waals surface area contributed by atoms with Crippen molar-refractivity contribution in [1.82, 2.24) is 9.55 Å². The van der Waals surface area contributed by atoms with Crippen LogP contribution in [0.1, 0.15) is 0 Å². The Morgan fingerprint density at radius 2 is 2.04 bits per heavy atom. The molecule has 0 spiro atoms. The lowest BCUT2D eigenvalue weighted by molar-refractivity contribution is -0.116. The number of fused-ring (bicyclic) bond motifs is 1. The molecular weight excluding hydrogens is 382 g/mol. The number of anilines is 1. The van der Waals surface area contributed by atoms with Crippen LogP contribution in [-0.4, -0.2) is 15.5 Å². The lowest BCUT2D eigenvalue weighted by Gasteiger charge is -2.09. The lowest BCUT2D eigenvalue weighted by atomic mass is 10.2. The van der Waals surface area contributed by atoms with E-state index in [-0.39, 0.29) is 18.0 Å². The van der Waals surface area contributed by atoms with E-state index in [9.17, 15) is 9.59 Å². The van der Waals surface area contributed by atoms with Crippen LogP contribution in [0, 0.1) is 0 Å². The summed E-state index contributed by atoms with van der Waals surface area (Å²) in [5.74, 6) is -0.317. The van der Waals surface area contributed by atoms with Gasteiger partial charge in [0.15, 0.2) is 0 Å². The smallest absolute Gasteiger partial charge is 0.261 e. The quantitative estimate of drug-likeness (QED) is 0.742. The molecule has 0 aliphatic heterocycles. The molecule has 116 valence electrons. The van der Waals surface area contributed by atoms with Crippen LogP contribution in [0.15, 0.2) is 58.1 Å². The Morgan fingerprint density at radius 3 is 2.83 bits per heavy atom. The fourth-order valence-corrected chi connectivity index (χ4v) is 2.71. The number of halogens is 2. The molecule has 1 amide bonds. The number of nitrogens with zero attached hydrogens (tertiary/aromatic N) is 2. The summed E-state index contributed by atoms with van der Waals surface area (Å²) < 4.78 is 2.02. The molecule has 23 heavy (non-hydrogen) atoms. The minimum absolute atomic E-state index is 0.129. The van der Waals surface area contributed by atoms with E-state index in [1.165, 1.54) is 10.9 Å². The van der Waals surface area contributed by atoms with E-state index in [0.717, 1.165) is 4.47 Å². The number of aromatic nitrogens is 2. The highest BCUT2D eigenvalue weighted by Gasteiger charge is 2.10. The summed E-state index contributed by atoms with van der Waals surface area (Å²) in [6.07, 6.45) is 1.36. The van der Waals surface area contributed by atoms with Gasteiger partial charge in [-0.2, -0.15) is 0 Å². The van der Waals surface area contributed by atoms with Gasteiger partial charge in [0.1, 0.15) is 6.54 Å². The van der Waals surface area contributed by atoms with Gasteiger partial charge in [0.25, 0.3) is 5.56 Å². The van der Waals surface area contributed by atoms with Gasteiger partial charge < -0.3 is 5.32 Å². The van der Waals surface area contributed by atoms with Gasteiger partial charge in [0.2, 0.25) is 5.91 Å². The summed E-state index contributed by atoms with van der Waals surface area (Å²) in [5, 5.41) is 3.58. The van der Waals surface area contributed by atoms with Crippen LogP contribution in [0.4, 0.5) is 5.69 Å². The van der Waals surface area contributed by atoms with Crippen LogP contribution in [-0.2, 0) is 11.3 Å². The van der Waals surface area contributed by atoms with E-state index < -0.39 is 0 Å². The number of hydrogen-bond donors (Lipinski definition) is 1. The van der Waals surface area contributed by atoms with E-state index in [1.54, 1.807) is 24.3 Å². The van der Waals surface area contributed by atoms with Gasteiger partial charge in [-0.25, -0.2) is 4.98 Å². The second kappa shape index (κ2) is 6.52. The molecular formula is C16H11BrClN3O2. The van der Waals surface area contributed by atoms with Crippen molar-refractivity contribution in [1.29, 1.82) is 0 Å². The third-order valence-electron chi connectivity index (χ3n) is 3.25. The predicted octanol–water partition coefficient (Wildman–Crippen LogP) is 3.45. The molecule has 0 aliphatic rings. The molecule has 1 aromatic heterocycles. The van der Waals surface area contributed by atoms with Gasteiger partial charge in [0.05, 0.1) is 22.9 Å². The zero-order valence-corrected chi connectivity index (χ0v) is 14.1. The van der Waals surface area contributed by atoms with Crippen LogP contribution >= 0.6 is 27.5 Å². The van der Waals surface area contributed by atoms with E-state index in [2.05, 4.69) is 26.2 Å². The first kappa shape index (κ1) is 15.7. The van der Waals surface area contributed by atoms with E-state index >= 15 is 0 Å². The molecule has 0 aliphatic carbocycles. The van der Waals surface area contributed by atoms with E-state index in [1.807, 2.05) is 18.2 Å². The van der Waals surface area contributed by atoms with Crippen LogP contribution in [0.5, 0.6) is 0 Å². The first-order chi connectivity index (χ1) is 11.0. The Morgan fingerprint density at radius 1 is 1.26 bits per heavy atom. The van der Waals surface area contributed by atoms with Crippen molar-refractivity contribution in [2.24, 2.45) is 0 Å². The molecule has 1 N–H and O–H groups in total. The van der Waals surface area contributed by atoms with Crippen molar-refractivity contribution in [3.8, 4) is 0 Å². The van der Waals surface area contributed by atoms with Crippen molar-refractivity contribution < 1.29 is 4.79 Å². The minimum atomic E-state index is -0.317. The average Bonchev–Trinajstić information content (AvgIpc) is 2.53.